The molecule has 0 unspecified atom stereocenters. The molecule has 0 radical (unpaired) electrons. The molecule has 4 nitrogen and oxygen atoms in total. The van der Waals surface area contributed by atoms with Crippen LogP contribution in [0.25, 0.3) is 6.08 Å². The van der Waals surface area contributed by atoms with Gasteiger partial charge in [0.1, 0.15) is 0 Å². The van der Waals surface area contributed by atoms with Crippen LogP contribution in [0.4, 0.5) is 5.69 Å². The first-order valence-electron chi connectivity index (χ1n) is 9.21. The summed E-state index contributed by atoms with van der Waals surface area (Å²) in [6, 6.07) is 10.8. The minimum Gasteiger partial charge on any atom is -0.462 e. The van der Waals surface area contributed by atoms with Crippen molar-refractivity contribution in [2.75, 3.05) is 11.5 Å². The molecule has 1 amide bonds. The number of aryl methyl sites for hydroxylation is 2. The van der Waals surface area contributed by atoms with Crippen molar-refractivity contribution in [2.45, 2.75) is 27.7 Å². The second-order valence-corrected chi connectivity index (χ2v) is 7.64. The number of anilines is 1. The van der Waals surface area contributed by atoms with Crippen LogP contribution in [0.3, 0.4) is 0 Å². The Kier molecular flexibility index (Phi) is 6.15. The second kappa shape index (κ2) is 8.44. The number of carbonyl (C=O) groups is 2. The minimum atomic E-state index is -0.531. The van der Waals surface area contributed by atoms with Crippen LogP contribution in [0, 0.1) is 13.8 Å². The first-order valence-corrected chi connectivity index (χ1v) is 9.97. The molecule has 2 aromatic rings. The van der Waals surface area contributed by atoms with E-state index in [1.165, 1.54) is 0 Å². The van der Waals surface area contributed by atoms with E-state index in [1.807, 2.05) is 32.0 Å². The van der Waals surface area contributed by atoms with Crippen LogP contribution < -0.4 is 4.90 Å². The molecule has 0 bridgehead atoms. The number of halogens is 2. The molecule has 0 aliphatic carbocycles. The molecule has 0 spiro atoms. The summed E-state index contributed by atoms with van der Waals surface area (Å²) in [4.78, 5) is 27.6. The maximum atomic E-state index is 13.3. The van der Waals surface area contributed by atoms with Crippen molar-refractivity contribution in [1.82, 2.24) is 0 Å². The largest absolute Gasteiger partial charge is 0.462 e. The number of carbonyl (C=O) groups excluding carboxylic acids is 2. The molecule has 3 rings (SSSR count). The summed E-state index contributed by atoms with van der Waals surface area (Å²) in [5, 5.41) is 0.788. The molecular formula is C23H21Cl2NO3. The molecule has 1 aliphatic heterocycles. The number of amides is 1. The maximum absolute atomic E-state index is 13.3. The first-order chi connectivity index (χ1) is 13.7. The number of allylic oxidation sites excluding steroid dienone is 1. The van der Waals surface area contributed by atoms with Crippen molar-refractivity contribution < 1.29 is 14.3 Å². The molecule has 0 N–H and O–H groups in total. The van der Waals surface area contributed by atoms with E-state index in [1.54, 1.807) is 43.0 Å². The Morgan fingerprint density at radius 3 is 2.38 bits per heavy atom. The van der Waals surface area contributed by atoms with Crippen LogP contribution in [0.15, 0.2) is 53.2 Å². The fraction of sp³-hybridized carbons (Fsp3) is 0.217. The molecule has 2 aromatic carbocycles. The van der Waals surface area contributed by atoms with Crippen LogP contribution >= 0.6 is 23.2 Å². The molecule has 0 saturated heterocycles. The number of nitrogens with zero attached hydrogens (tertiary/aromatic N) is 1. The third-order valence-electron chi connectivity index (χ3n) is 4.88. The van der Waals surface area contributed by atoms with E-state index in [2.05, 4.69) is 0 Å². The number of ether oxygens (including phenoxy) is 1. The molecule has 0 aromatic heterocycles. The molecular weight excluding hydrogens is 409 g/mol. The lowest BCUT2D eigenvalue weighted by Crippen LogP contribution is -2.24. The van der Waals surface area contributed by atoms with E-state index >= 15 is 0 Å². The molecule has 29 heavy (non-hydrogen) atoms. The van der Waals surface area contributed by atoms with Gasteiger partial charge >= 0.3 is 5.97 Å². The number of hydrogen-bond acceptors (Lipinski definition) is 3. The standard InChI is InChI=1S/C23H21Cl2NO3/c1-5-29-23(28)21-15(4)26(17-8-6-13(2)14(3)10-17)22(27)18(21)11-16-7-9-19(24)20(25)12-16/h6-12H,5H2,1-4H3/b18-11-. The predicted molar refractivity (Wildman–Crippen MR) is 117 cm³/mol. The van der Waals surface area contributed by atoms with Crippen molar-refractivity contribution in [1.29, 1.82) is 0 Å². The van der Waals surface area contributed by atoms with E-state index in [-0.39, 0.29) is 23.7 Å². The lowest BCUT2D eigenvalue weighted by Gasteiger charge is -2.19. The van der Waals surface area contributed by atoms with Crippen molar-refractivity contribution in [2.24, 2.45) is 0 Å². The highest BCUT2D eigenvalue weighted by Gasteiger charge is 2.38. The molecule has 0 saturated carbocycles. The number of hydrogen-bond donors (Lipinski definition) is 0. The Labute approximate surface area is 180 Å². The third-order valence-corrected chi connectivity index (χ3v) is 5.62. The highest BCUT2D eigenvalue weighted by atomic mass is 35.5. The lowest BCUT2D eigenvalue weighted by molar-refractivity contribution is -0.138. The molecule has 150 valence electrons. The van der Waals surface area contributed by atoms with Gasteiger partial charge in [-0.05, 0) is 74.7 Å². The van der Waals surface area contributed by atoms with Gasteiger partial charge in [-0.2, -0.15) is 0 Å². The fourth-order valence-electron chi connectivity index (χ4n) is 3.23. The van der Waals surface area contributed by atoms with Crippen molar-refractivity contribution >= 4 is 46.8 Å². The molecule has 0 fully saturated rings. The van der Waals surface area contributed by atoms with Gasteiger partial charge in [-0.15, -0.1) is 0 Å². The van der Waals surface area contributed by atoms with Crippen LogP contribution in [0.2, 0.25) is 10.0 Å². The first kappa shape index (κ1) is 21.2. The Hall–Kier alpha value is -2.56. The summed E-state index contributed by atoms with van der Waals surface area (Å²) in [7, 11) is 0. The normalized spacial score (nSPS) is 15.4. The van der Waals surface area contributed by atoms with Crippen LogP contribution in [-0.4, -0.2) is 18.5 Å². The van der Waals surface area contributed by atoms with Crippen molar-refractivity contribution in [3.05, 3.63) is 80.0 Å². The fourth-order valence-corrected chi connectivity index (χ4v) is 3.53. The third kappa shape index (κ3) is 4.09. The van der Waals surface area contributed by atoms with E-state index < -0.39 is 5.97 Å². The maximum Gasteiger partial charge on any atom is 0.340 e. The average molecular weight is 430 g/mol. The summed E-state index contributed by atoms with van der Waals surface area (Å²) >= 11 is 12.1. The van der Waals surface area contributed by atoms with Crippen molar-refractivity contribution in [3.63, 3.8) is 0 Å². The predicted octanol–water partition coefficient (Wildman–Crippen LogP) is 5.88. The summed E-state index contributed by atoms with van der Waals surface area (Å²) in [6.45, 7) is 7.68. The van der Waals surface area contributed by atoms with Crippen LogP contribution in [0.1, 0.15) is 30.5 Å². The lowest BCUT2D eigenvalue weighted by atomic mass is 10.0. The summed E-state index contributed by atoms with van der Waals surface area (Å²) in [5.74, 6) is -0.823. The number of esters is 1. The highest BCUT2D eigenvalue weighted by Crippen LogP contribution is 2.36. The topological polar surface area (TPSA) is 46.6 Å². The zero-order chi connectivity index (χ0) is 21.3. The second-order valence-electron chi connectivity index (χ2n) is 6.82. The van der Waals surface area contributed by atoms with E-state index in [0.29, 0.717) is 27.0 Å². The SMILES string of the molecule is CCOC(=O)C1=C(C)N(c2ccc(C)c(C)c2)C(=O)/C1=C\c1ccc(Cl)c(Cl)c1. The summed E-state index contributed by atoms with van der Waals surface area (Å²) in [5.41, 5.74) is 4.60. The van der Waals surface area contributed by atoms with E-state index in [9.17, 15) is 9.59 Å². The van der Waals surface area contributed by atoms with Gasteiger partial charge in [0.05, 0.1) is 27.8 Å². The highest BCUT2D eigenvalue weighted by molar-refractivity contribution is 6.42. The number of benzene rings is 2. The smallest absolute Gasteiger partial charge is 0.340 e. The monoisotopic (exact) mass is 429 g/mol. The van der Waals surface area contributed by atoms with E-state index in [4.69, 9.17) is 27.9 Å². The Morgan fingerprint density at radius 1 is 1.03 bits per heavy atom. The quantitative estimate of drug-likeness (QED) is 0.450. The zero-order valence-electron chi connectivity index (χ0n) is 16.7. The van der Waals surface area contributed by atoms with Gasteiger partial charge in [-0.25, -0.2) is 4.79 Å². The van der Waals surface area contributed by atoms with Gasteiger partial charge in [-0.3, -0.25) is 9.69 Å². The number of rotatable bonds is 4. The van der Waals surface area contributed by atoms with Gasteiger partial charge in [-0.1, -0.05) is 35.3 Å². The van der Waals surface area contributed by atoms with E-state index in [0.717, 1.165) is 11.1 Å². The van der Waals surface area contributed by atoms with Gasteiger partial charge in [0.25, 0.3) is 5.91 Å². The van der Waals surface area contributed by atoms with Crippen LogP contribution in [0.5, 0.6) is 0 Å². The molecule has 1 heterocycles. The van der Waals surface area contributed by atoms with Gasteiger partial charge in [0, 0.05) is 11.4 Å². The summed E-state index contributed by atoms with van der Waals surface area (Å²) < 4.78 is 5.22. The minimum absolute atomic E-state index is 0.216. The zero-order valence-corrected chi connectivity index (χ0v) is 18.2. The van der Waals surface area contributed by atoms with Gasteiger partial charge in [0.15, 0.2) is 0 Å². The molecule has 6 heteroatoms. The Balaban J connectivity index is 2.15. The molecule has 0 atom stereocenters. The van der Waals surface area contributed by atoms with Gasteiger partial charge in [0.2, 0.25) is 0 Å². The van der Waals surface area contributed by atoms with Crippen LogP contribution in [-0.2, 0) is 14.3 Å². The molecule has 1 aliphatic rings. The van der Waals surface area contributed by atoms with Gasteiger partial charge < -0.3 is 4.74 Å². The summed E-state index contributed by atoms with van der Waals surface area (Å²) in [6.07, 6.45) is 1.64. The Morgan fingerprint density at radius 2 is 1.76 bits per heavy atom. The average Bonchev–Trinajstić information content (AvgIpc) is 2.91. The van der Waals surface area contributed by atoms with Crippen molar-refractivity contribution in [3.8, 4) is 0 Å². The Bertz CT molecular complexity index is 1070.